The zero-order valence-corrected chi connectivity index (χ0v) is 12.8. The molecule has 3 unspecified atom stereocenters. The van der Waals surface area contributed by atoms with Gasteiger partial charge in [-0.25, -0.2) is 0 Å². The van der Waals surface area contributed by atoms with Crippen LogP contribution in [0.2, 0.25) is 0 Å². The third kappa shape index (κ3) is 2.67. The number of halogens is 1. The number of carbonyl (C=O) groups excluding carboxylic acids is 1. The molecular weight excluding hydrogens is 280 g/mol. The largest absolute Gasteiger partial charge is 0.335 e. The zero-order valence-electron chi connectivity index (χ0n) is 11.2. The van der Waals surface area contributed by atoms with E-state index in [2.05, 4.69) is 23.3 Å². The third-order valence-corrected chi connectivity index (χ3v) is 5.38. The molecule has 0 radical (unpaired) electrons. The highest BCUT2D eigenvalue weighted by molar-refractivity contribution is 7.10. The highest BCUT2D eigenvalue weighted by atomic mass is 35.5. The van der Waals surface area contributed by atoms with Crippen LogP contribution in [0.15, 0.2) is 11.4 Å². The van der Waals surface area contributed by atoms with Gasteiger partial charge >= 0.3 is 0 Å². The van der Waals surface area contributed by atoms with Crippen molar-refractivity contribution in [2.75, 3.05) is 6.54 Å². The summed E-state index contributed by atoms with van der Waals surface area (Å²) in [5.41, 5.74) is 7.27. The summed E-state index contributed by atoms with van der Waals surface area (Å²) in [5, 5.41) is 2.14. The quantitative estimate of drug-likeness (QED) is 0.867. The second kappa shape index (κ2) is 5.81. The van der Waals surface area contributed by atoms with Crippen LogP contribution in [0.1, 0.15) is 42.7 Å². The summed E-state index contributed by atoms with van der Waals surface area (Å²) in [6.07, 6.45) is 3.86. The molecular formula is C14H21ClN2OS. The molecule has 0 spiro atoms. The molecule has 3 rings (SSSR count). The van der Waals surface area contributed by atoms with Crippen molar-refractivity contribution in [2.45, 2.75) is 44.7 Å². The minimum Gasteiger partial charge on any atom is -0.335 e. The normalized spacial score (nSPS) is 29.8. The second-order valence-corrected chi connectivity index (χ2v) is 6.53. The number of carbonyl (C=O) groups is 1. The van der Waals surface area contributed by atoms with Crippen LogP contribution in [0.25, 0.3) is 0 Å². The number of hydrogen-bond acceptors (Lipinski definition) is 3. The van der Waals surface area contributed by atoms with Gasteiger partial charge < -0.3 is 10.6 Å². The van der Waals surface area contributed by atoms with E-state index in [0.29, 0.717) is 5.91 Å². The minimum atomic E-state index is 0. The Morgan fingerprint density at radius 3 is 2.95 bits per heavy atom. The zero-order chi connectivity index (χ0) is 12.7. The van der Waals surface area contributed by atoms with E-state index < -0.39 is 0 Å². The van der Waals surface area contributed by atoms with Gasteiger partial charge in [0.1, 0.15) is 0 Å². The summed E-state index contributed by atoms with van der Waals surface area (Å²) >= 11 is 1.82. The van der Waals surface area contributed by atoms with Crippen molar-refractivity contribution in [1.29, 1.82) is 0 Å². The lowest BCUT2D eigenvalue weighted by Gasteiger charge is -2.35. The molecule has 1 aliphatic carbocycles. The van der Waals surface area contributed by atoms with Crippen molar-refractivity contribution in [1.82, 2.24) is 4.90 Å². The summed E-state index contributed by atoms with van der Waals surface area (Å²) in [4.78, 5) is 16.1. The van der Waals surface area contributed by atoms with Crippen LogP contribution >= 0.6 is 23.7 Å². The molecule has 3 atom stereocenters. The molecule has 1 fully saturated rings. The van der Waals surface area contributed by atoms with Gasteiger partial charge in [-0.3, -0.25) is 4.79 Å². The Hall–Kier alpha value is -0.580. The van der Waals surface area contributed by atoms with Gasteiger partial charge in [0.15, 0.2) is 0 Å². The first-order valence-electron chi connectivity index (χ1n) is 6.79. The highest BCUT2D eigenvalue weighted by Gasteiger charge is 2.35. The fourth-order valence-electron chi connectivity index (χ4n) is 3.29. The lowest BCUT2D eigenvalue weighted by Crippen LogP contribution is -2.41. The number of nitrogens with two attached hydrogens (primary N) is 1. The number of fused-ring (bicyclic) bond motifs is 1. The second-order valence-electron chi connectivity index (χ2n) is 5.53. The molecule has 0 aromatic carbocycles. The number of nitrogens with zero attached hydrogens (tertiary/aromatic N) is 1. The Labute approximate surface area is 124 Å². The van der Waals surface area contributed by atoms with Crippen molar-refractivity contribution >= 4 is 29.7 Å². The van der Waals surface area contributed by atoms with Crippen molar-refractivity contribution in [3.8, 4) is 0 Å². The first-order chi connectivity index (χ1) is 8.66. The van der Waals surface area contributed by atoms with E-state index in [0.717, 1.165) is 32.2 Å². The molecule has 1 aromatic heterocycles. The highest BCUT2D eigenvalue weighted by Crippen LogP contribution is 2.35. The standard InChI is InChI=1S/C14H20N2OS.ClH/c1-9-12-5-7-18-13(12)4-6-16(9)14(17)10-2-3-11(15)8-10;/h5,7,9-11H,2-4,6,8,15H2,1H3;1H. The Morgan fingerprint density at radius 2 is 2.26 bits per heavy atom. The molecule has 0 bridgehead atoms. The maximum absolute atomic E-state index is 12.6. The molecule has 19 heavy (non-hydrogen) atoms. The fraction of sp³-hybridized carbons (Fsp3) is 0.643. The predicted octanol–water partition coefficient (Wildman–Crippen LogP) is 2.74. The van der Waals surface area contributed by atoms with Gasteiger partial charge in [-0.15, -0.1) is 23.7 Å². The Morgan fingerprint density at radius 1 is 1.47 bits per heavy atom. The van der Waals surface area contributed by atoms with Gasteiger partial charge in [0.2, 0.25) is 5.91 Å². The molecule has 1 aliphatic heterocycles. The van der Waals surface area contributed by atoms with Gasteiger partial charge in [0.25, 0.3) is 0 Å². The molecule has 2 N–H and O–H groups in total. The van der Waals surface area contributed by atoms with E-state index in [1.165, 1.54) is 10.4 Å². The summed E-state index contributed by atoms with van der Waals surface area (Å²) in [6.45, 7) is 3.02. The maximum atomic E-state index is 12.6. The molecule has 1 amide bonds. The first-order valence-corrected chi connectivity index (χ1v) is 7.67. The third-order valence-electron chi connectivity index (χ3n) is 4.38. The van der Waals surface area contributed by atoms with E-state index in [9.17, 15) is 4.79 Å². The molecule has 106 valence electrons. The van der Waals surface area contributed by atoms with E-state index in [-0.39, 0.29) is 30.4 Å². The van der Waals surface area contributed by atoms with E-state index >= 15 is 0 Å². The van der Waals surface area contributed by atoms with Crippen LogP contribution in [0.5, 0.6) is 0 Å². The average Bonchev–Trinajstić information content (AvgIpc) is 2.97. The smallest absolute Gasteiger partial charge is 0.226 e. The van der Waals surface area contributed by atoms with Gasteiger partial charge in [-0.2, -0.15) is 0 Å². The maximum Gasteiger partial charge on any atom is 0.226 e. The molecule has 1 aromatic rings. The first kappa shape index (κ1) is 14.8. The van der Waals surface area contributed by atoms with Crippen LogP contribution < -0.4 is 5.73 Å². The molecule has 1 saturated carbocycles. The number of hydrogen-bond donors (Lipinski definition) is 1. The SMILES string of the molecule is CC1c2ccsc2CCN1C(=O)C1CCC(N)C1.Cl. The summed E-state index contributed by atoms with van der Waals surface area (Å²) < 4.78 is 0. The topological polar surface area (TPSA) is 46.3 Å². The molecule has 2 aliphatic rings. The van der Waals surface area contributed by atoms with Crippen LogP contribution in [0, 0.1) is 5.92 Å². The van der Waals surface area contributed by atoms with E-state index in [1.807, 2.05) is 11.3 Å². The minimum absolute atomic E-state index is 0. The lowest BCUT2D eigenvalue weighted by atomic mass is 9.98. The van der Waals surface area contributed by atoms with Crippen LogP contribution in [-0.2, 0) is 11.2 Å². The fourth-order valence-corrected chi connectivity index (χ4v) is 4.25. The number of rotatable bonds is 1. The summed E-state index contributed by atoms with van der Waals surface area (Å²) in [6, 6.07) is 2.64. The van der Waals surface area contributed by atoms with Crippen molar-refractivity contribution < 1.29 is 4.79 Å². The van der Waals surface area contributed by atoms with E-state index in [4.69, 9.17) is 5.73 Å². The monoisotopic (exact) mass is 300 g/mol. The lowest BCUT2D eigenvalue weighted by molar-refractivity contribution is -0.138. The number of amides is 1. The van der Waals surface area contributed by atoms with Crippen molar-refractivity contribution in [2.24, 2.45) is 11.7 Å². The molecule has 5 heteroatoms. The number of thiophene rings is 1. The van der Waals surface area contributed by atoms with Crippen molar-refractivity contribution in [3.63, 3.8) is 0 Å². The van der Waals surface area contributed by atoms with E-state index in [1.54, 1.807) is 0 Å². The predicted molar refractivity (Wildman–Crippen MR) is 80.7 cm³/mol. The Bertz CT molecular complexity index is 462. The average molecular weight is 301 g/mol. The van der Waals surface area contributed by atoms with Gasteiger partial charge in [-0.05, 0) is 49.6 Å². The van der Waals surface area contributed by atoms with Crippen LogP contribution in [0.4, 0.5) is 0 Å². The van der Waals surface area contributed by atoms with Crippen LogP contribution in [-0.4, -0.2) is 23.4 Å². The van der Waals surface area contributed by atoms with Crippen molar-refractivity contribution in [3.05, 3.63) is 21.9 Å². The van der Waals surface area contributed by atoms with Gasteiger partial charge in [-0.1, -0.05) is 0 Å². The van der Waals surface area contributed by atoms with Gasteiger partial charge in [0.05, 0.1) is 6.04 Å². The van der Waals surface area contributed by atoms with Crippen LogP contribution in [0.3, 0.4) is 0 Å². The molecule has 3 nitrogen and oxygen atoms in total. The summed E-state index contributed by atoms with van der Waals surface area (Å²) in [7, 11) is 0. The Kier molecular flexibility index (Phi) is 4.54. The molecule has 0 saturated heterocycles. The van der Waals surface area contributed by atoms with Gasteiger partial charge in [0, 0.05) is 23.4 Å². The Balaban J connectivity index is 0.00000133. The molecule has 2 heterocycles. The summed E-state index contributed by atoms with van der Waals surface area (Å²) in [5.74, 6) is 0.495.